The van der Waals surface area contributed by atoms with Crippen LogP contribution >= 0.6 is 0 Å². The first-order valence-corrected chi connectivity index (χ1v) is 4.25. The highest BCUT2D eigenvalue weighted by atomic mass is 16.4. The quantitative estimate of drug-likeness (QED) is 0.772. The molecule has 2 aromatic rings. The van der Waals surface area contributed by atoms with Gasteiger partial charge in [-0.05, 0) is 18.2 Å². The van der Waals surface area contributed by atoms with Crippen LogP contribution in [0.4, 0.5) is 0 Å². The summed E-state index contributed by atoms with van der Waals surface area (Å²) in [7, 11) is 0. The van der Waals surface area contributed by atoms with Crippen LogP contribution in [0.2, 0.25) is 0 Å². The van der Waals surface area contributed by atoms with E-state index in [1.54, 1.807) is 24.4 Å². The van der Waals surface area contributed by atoms with Gasteiger partial charge in [0.05, 0.1) is 5.69 Å². The van der Waals surface area contributed by atoms with E-state index in [4.69, 9.17) is 5.11 Å². The van der Waals surface area contributed by atoms with Gasteiger partial charge in [0, 0.05) is 12.4 Å². The van der Waals surface area contributed by atoms with Crippen molar-refractivity contribution in [2.24, 2.45) is 0 Å². The van der Waals surface area contributed by atoms with Gasteiger partial charge in [0.15, 0.2) is 0 Å². The maximum atomic E-state index is 10.9. The molecule has 0 aliphatic rings. The lowest BCUT2D eigenvalue weighted by atomic mass is 10.1. The van der Waals surface area contributed by atoms with Crippen LogP contribution in [0.15, 0.2) is 36.7 Å². The number of aromatic nitrogens is 2. The summed E-state index contributed by atoms with van der Waals surface area (Å²) in [6.07, 6.45) is 3.15. The molecule has 0 amide bonds. The van der Waals surface area contributed by atoms with Gasteiger partial charge in [0.1, 0.15) is 11.3 Å². The molecule has 5 nitrogen and oxygen atoms in total. The Bertz CT molecular complexity index is 491. The van der Waals surface area contributed by atoms with Crippen LogP contribution in [-0.4, -0.2) is 26.0 Å². The molecule has 1 aromatic carbocycles. The van der Waals surface area contributed by atoms with Crippen molar-refractivity contribution >= 4 is 5.97 Å². The number of hydrogen-bond donors (Lipinski definition) is 2. The van der Waals surface area contributed by atoms with Gasteiger partial charge < -0.3 is 10.2 Å². The topological polar surface area (TPSA) is 75.3 Å². The second kappa shape index (κ2) is 3.45. The number of carboxylic acids is 1. The molecule has 0 aliphatic heterocycles. The van der Waals surface area contributed by atoms with E-state index >= 15 is 0 Å². The molecule has 0 aliphatic carbocycles. The molecule has 1 aromatic heterocycles. The average molecular weight is 204 g/mol. The molecule has 0 saturated heterocycles. The first-order chi connectivity index (χ1) is 7.20. The van der Waals surface area contributed by atoms with Gasteiger partial charge in [0.25, 0.3) is 0 Å². The Morgan fingerprint density at radius 3 is 2.73 bits per heavy atom. The van der Waals surface area contributed by atoms with E-state index < -0.39 is 5.97 Å². The minimum absolute atomic E-state index is 0.152. The lowest BCUT2D eigenvalue weighted by Crippen LogP contribution is -2.05. The Labute approximate surface area is 85.2 Å². The average Bonchev–Trinajstić information content (AvgIpc) is 2.69. The number of hydrogen-bond acceptors (Lipinski definition) is 3. The van der Waals surface area contributed by atoms with Gasteiger partial charge in [-0.1, -0.05) is 6.07 Å². The van der Waals surface area contributed by atoms with Crippen LogP contribution in [0.1, 0.15) is 10.4 Å². The van der Waals surface area contributed by atoms with E-state index in [9.17, 15) is 9.90 Å². The van der Waals surface area contributed by atoms with Crippen LogP contribution in [0.5, 0.6) is 5.75 Å². The van der Waals surface area contributed by atoms with Crippen molar-refractivity contribution in [2.75, 3.05) is 0 Å². The Hall–Kier alpha value is -2.30. The number of nitrogens with zero attached hydrogens (tertiary/aromatic N) is 2. The van der Waals surface area contributed by atoms with E-state index in [0.717, 1.165) is 0 Å². The predicted molar refractivity (Wildman–Crippen MR) is 52.2 cm³/mol. The zero-order valence-electron chi connectivity index (χ0n) is 7.66. The highest BCUT2D eigenvalue weighted by Crippen LogP contribution is 2.23. The van der Waals surface area contributed by atoms with Crippen LogP contribution in [0.3, 0.4) is 0 Å². The van der Waals surface area contributed by atoms with E-state index in [0.29, 0.717) is 5.69 Å². The summed E-state index contributed by atoms with van der Waals surface area (Å²) in [6.45, 7) is 0. The number of aromatic carboxylic acids is 1. The number of rotatable bonds is 2. The molecule has 2 N–H and O–H groups in total. The molecular formula is C10H8N2O3. The van der Waals surface area contributed by atoms with Crippen molar-refractivity contribution < 1.29 is 15.0 Å². The molecule has 0 unspecified atom stereocenters. The number of aromatic hydroxyl groups is 1. The summed E-state index contributed by atoms with van der Waals surface area (Å²) in [4.78, 5) is 10.9. The molecule has 0 radical (unpaired) electrons. The van der Waals surface area contributed by atoms with Crippen LogP contribution in [-0.2, 0) is 0 Å². The van der Waals surface area contributed by atoms with E-state index in [2.05, 4.69) is 5.10 Å². The lowest BCUT2D eigenvalue weighted by molar-refractivity contribution is 0.0693. The summed E-state index contributed by atoms with van der Waals surface area (Å²) in [5.74, 6) is -1.45. The van der Waals surface area contributed by atoms with Crippen molar-refractivity contribution in [2.45, 2.75) is 0 Å². The standard InChI is InChI=1S/C10H8N2O3/c13-8-4-1-3-7(9(8)10(14)15)12-6-2-5-11-12/h1-6,13H,(H,14,15). The maximum absolute atomic E-state index is 10.9. The van der Waals surface area contributed by atoms with Crippen molar-refractivity contribution in [3.8, 4) is 11.4 Å². The molecule has 76 valence electrons. The summed E-state index contributed by atoms with van der Waals surface area (Å²) < 4.78 is 1.39. The fourth-order valence-electron chi connectivity index (χ4n) is 1.35. The number of phenols is 1. The van der Waals surface area contributed by atoms with E-state index in [-0.39, 0.29) is 11.3 Å². The molecule has 0 bridgehead atoms. The van der Waals surface area contributed by atoms with Crippen molar-refractivity contribution in [3.05, 3.63) is 42.2 Å². The highest BCUT2D eigenvalue weighted by molar-refractivity contribution is 5.94. The van der Waals surface area contributed by atoms with Crippen LogP contribution in [0, 0.1) is 0 Å². The number of carboxylic acid groups (broad SMARTS) is 1. The fourth-order valence-corrected chi connectivity index (χ4v) is 1.35. The number of benzene rings is 1. The molecule has 0 spiro atoms. The Balaban J connectivity index is 2.66. The second-order valence-corrected chi connectivity index (χ2v) is 2.93. The van der Waals surface area contributed by atoms with Gasteiger partial charge in [-0.3, -0.25) is 0 Å². The summed E-state index contributed by atoms with van der Waals surface area (Å²) in [5.41, 5.74) is 0.189. The SMILES string of the molecule is O=C(O)c1c(O)cccc1-n1cccn1. The molecule has 15 heavy (non-hydrogen) atoms. The normalized spacial score (nSPS) is 10.1. The molecule has 1 heterocycles. The molecular weight excluding hydrogens is 196 g/mol. The number of carbonyl (C=O) groups is 1. The fraction of sp³-hybridized carbons (Fsp3) is 0. The third-order valence-electron chi connectivity index (χ3n) is 1.99. The minimum Gasteiger partial charge on any atom is -0.507 e. The minimum atomic E-state index is -1.18. The first kappa shape index (κ1) is 9.26. The van der Waals surface area contributed by atoms with E-state index in [1.807, 2.05) is 0 Å². The van der Waals surface area contributed by atoms with E-state index in [1.165, 1.54) is 16.9 Å². The van der Waals surface area contributed by atoms with Gasteiger partial charge in [0.2, 0.25) is 0 Å². The molecule has 0 saturated carbocycles. The summed E-state index contributed by atoms with van der Waals surface area (Å²) >= 11 is 0. The maximum Gasteiger partial charge on any atom is 0.341 e. The monoisotopic (exact) mass is 204 g/mol. The third-order valence-corrected chi connectivity index (χ3v) is 1.99. The first-order valence-electron chi connectivity index (χ1n) is 4.25. The van der Waals surface area contributed by atoms with Crippen molar-refractivity contribution in [3.63, 3.8) is 0 Å². The zero-order valence-corrected chi connectivity index (χ0v) is 7.66. The zero-order chi connectivity index (χ0) is 10.8. The Morgan fingerprint density at radius 1 is 1.33 bits per heavy atom. The molecule has 5 heteroatoms. The highest BCUT2D eigenvalue weighted by Gasteiger charge is 2.16. The van der Waals surface area contributed by atoms with Gasteiger partial charge in [-0.2, -0.15) is 5.10 Å². The second-order valence-electron chi connectivity index (χ2n) is 2.93. The smallest absolute Gasteiger partial charge is 0.341 e. The molecule has 2 rings (SSSR count). The van der Waals surface area contributed by atoms with Gasteiger partial charge in [-0.15, -0.1) is 0 Å². The summed E-state index contributed by atoms with van der Waals surface area (Å²) in [5, 5.41) is 22.3. The predicted octanol–water partition coefficient (Wildman–Crippen LogP) is 1.28. The van der Waals surface area contributed by atoms with Gasteiger partial charge in [-0.25, -0.2) is 9.48 Å². The third kappa shape index (κ3) is 1.54. The lowest BCUT2D eigenvalue weighted by Gasteiger charge is -2.07. The molecule has 0 fully saturated rings. The van der Waals surface area contributed by atoms with Crippen LogP contribution in [0.25, 0.3) is 5.69 Å². The van der Waals surface area contributed by atoms with Crippen molar-refractivity contribution in [1.29, 1.82) is 0 Å². The van der Waals surface area contributed by atoms with Gasteiger partial charge >= 0.3 is 5.97 Å². The summed E-state index contributed by atoms with van der Waals surface area (Å²) in [6, 6.07) is 6.15. The van der Waals surface area contributed by atoms with Crippen molar-refractivity contribution in [1.82, 2.24) is 9.78 Å². The molecule has 0 atom stereocenters. The van der Waals surface area contributed by atoms with Crippen LogP contribution < -0.4 is 0 Å². The Morgan fingerprint density at radius 2 is 2.13 bits per heavy atom. The largest absolute Gasteiger partial charge is 0.507 e. The Kier molecular flexibility index (Phi) is 2.13.